The summed E-state index contributed by atoms with van der Waals surface area (Å²) < 4.78 is 84.3. The molecule has 2 heterocycles. The molecule has 13 heteroatoms. The number of rotatable bonds is 4. The Kier molecular flexibility index (Phi) is 6.37. The fourth-order valence-corrected chi connectivity index (χ4v) is 3.26. The molecular weight excluding hydrogens is 448 g/mol. The second-order valence-electron chi connectivity index (χ2n) is 7.16. The van der Waals surface area contributed by atoms with Crippen molar-refractivity contribution in [1.29, 1.82) is 0 Å². The summed E-state index contributed by atoms with van der Waals surface area (Å²) in [7, 11) is 0. The molecule has 1 aliphatic heterocycles. The van der Waals surface area contributed by atoms with Crippen LogP contribution in [0, 0.1) is 0 Å². The summed E-state index contributed by atoms with van der Waals surface area (Å²) in [5.74, 6) is -1.08. The van der Waals surface area contributed by atoms with E-state index in [0.717, 1.165) is 0 Å². The highest BCUT2D eigenvalue weighted by Crippen LogP contribution is 2.36. The van der Waals surface area contributed by atoms with E-state index in [9.17, 15) is 35.9 Å². The summed E-state index contributed by atoms with van der Waals surface area (Å²) in [6.07, 6.45) is -10.8. The number of carbonyl (C=O) groups is 2. The lowest BCUT2D eigenvalue weighted by Crippen LogP contribution is -2.31. The smallest absolute Gasteiger partial charge is 0.416 e. The number of aliphatic carboxylic acids is 1. The maximum Gasteiger partial charge on any atom is 0.416 e. The van der Waals surface area contributed by atoms with Crippen LogP contribution in [0.4, 0.5) is 31.1 Å². The van der Waals surface area contributed by atoms with Gasteiger partial charge in [-0.15, -0.1) is 0 Å². The maximum atomic E-state index is 13.0. The van der Waals surface area contributed by atoms with Crippen LogP contribution in [-0.2, 0) is 48.0 Å². The van der Waals surface area contributed by atoms with E-state index in [0.29, 0.717) is 36.5 Å². The number of ether oxygens (including phenoxy) is 1. The molecule has 2 aromatic rings. The number of alkyl halides is 6. The number of fused-ring (bicyclic) bond motifs is 1. The molecule has 1 aliphatic rings. The first kappa shape index (κ1) is 23.4. The second kappa shape index (κ2) is 8.71. The molecule has 0 fully saturated rings. The standard InChI is InChI=1S/C19H17F6N3O4/c20-18(21,22)12-4-11(5-13(6-12)19(23,24)25)10-32-17(31)27-2-1-3-28-15(9-27)7-14(26-28)8-16(29)30/h4-7H,1-3,8-10H2,(H,29,30). The number of nitrogens with zero attached hydrogens (tertiary/aromatic N) is 3. The Bertz CT molecular complexity index is 983. The number of amides is 1. The van der Waals surface area contributed by atoms with Crippen LogP contribution in [0.2, 0.25) is 0 Å². The molecule has 0 radical (unpaired) electrons. The summed E-state index contributed by atoms with van der Waals surface area (Å²) in [5, 5.41) is 13.0. The van der Waals surface area contributed by atoms with E-state index >= 15 is 0 Å². The third kappa shape index (κ3) is 5.71. The minimum Gasteiger partial charge on any atom is -0.481 e. The third-order valence-electron chi connectivity index (χ3n) is 4.67. The number of halogens is 6. The first-order valence-corrected chi connectivity index (χ1v) is 9.30. The molecule has 0 aliphatic carbocycles. The first-order chi connectivity index (χ1) is 14.8. The van der Waals surface area contributed by atoms with Gasteiger partial charge in [0.05, 0.1) is 35.5 Å². The van der Waals surface area contributed by atoms with Crippen LogP contribution >= 0.6 is 0 Å². The average Bonchev–Trinajstić information content (AvgIpc) is 2.92. The van der Waals surface area contributed by atoms with Crippen molar-refractivity contribution in [2.75, 3.05) is 6.54 Å². The number of hydrogen-bond acceptors (Lipinski definition) is 4. The highest BCUT2D eigenvalue weighted by atomic mass is 19.4. The molecule has 0 saturated carbocycles. The maximum absolute atomic E-state index is 13.0. The van der Waals surface area contributed by atoms with Crippen LogP contribution in [0.25, 0.3) is 0 Å². The largest absolute Gasteiger partial charge is 0.481 e. The Morgan fingerprint density at radius 3 is 2.19 bits per heavy atom. The third-order valence-corrected chi connectivity index (χ3v) is 4.67. The van der Waals surface area contributed by atoms with E-state index < -0.39 is 47.7 Å². The van der Waals surface area contributed by atoms with Gasteiger partial charge in [-0.05, 0) is 36.2 Å². The molecule has 1 N–H and O–H groups in total. The molecule has 1 aromatic carbocycles. The number of carboxylic acid groups (broad SMARTS) is 1. The summed E-state index contributed by atoms with van der Waals surface area (Å²) in [6.45, 7) is -0.165. The molecule has 0 bridgehead atoms. The number of aromatic nitrogens is 2. The monoisotopic (exact) mass is 465 g/mol. The van der Waals surface area contributed by atoms with Crippen molar-refractivity contribution >= 4 is 12.1 Å². The minimum atomic E-state index is -5.00. The molecule has 0 atom stereocenters. The van der Waals surface area contributed by atoms with Gasteiger partial charge in [-0.2, -0.15) is 31.4 Å². The van der Waals surface area contributed by atoms with Crippen molar-refractivity contribution in [2.24, 2.45) is 0 Å². The van der Waals surface area contributed by atoms with Crippen molar-refractivity contribution in [1.82, 2.24) is 14.7 Å². The number of carboxylic acids is 1. The minimum absolute atomic E-state index is 0.00183. The summed E-state index contributed by atoms with van der Waals surface area (Å²) in [6, 6.07) is 2.51. The van der Waals surface area contributed by atoms with Crippen molar-refractivity contribution in [3.63, 3.8) is 0 Å². The zero-order valence-corrected chi connectivity index (χ0v) is 16.3. The Morgan fingerprint density at radius 2 is 1.62 bits per heavy atom. The van der Waals surface area contributed by atoms with Crippen LogP contribution in [0.1, 0.15) is 34.5 Å². The second-order valence-corrected chi connectivity index (χ2v) is 7.16. The fourth-order valence-electron chi connectivity index (χ4n) is 3.26. The van der Waals surface area contributed by atoms with Crippen LogP contribution in [-0.4, -0.2) is 38.4 Å². The van der Waals surface area contributed by atoms with E-state index in [4.69, 9.17) is 9.84 Å². The number of aryl methyl sites for hydroxylation is 1. The molecule has 1 amide bonds. The lowest BCUT2D eigenvalue weighted by Gasteiger charge is -2.20. The van der Waals surface area contributed by atoms with Crippen molar-refractivity contribution in [2.45, 2.75) is 44.9 Å². The van der Waals surface area contributed by atoms with Gasteiger partial charge in [0.1, 0.15) is 6.61 Å². The normalized spacial score (nSPS) is 14.6. The highest BCUT2D eigenvalue weighted by Gasteiger charge is 2.37. The quantitative estimate of drug-likeness (QED) is 0.688. The Labute approximate surface area is 177 Å². The predicted molar refractivity (Wildman–Crippen MR) is 95.2 cm³/mol. The van der Waals surface area contributed by atoms with Gasteiger partial charge in [-0.1, -0.05) is 0 Å². The fraction of sp³-hybridized carbons (Fsp3) is 0.421. The predicted octanol–water partition coefficient (Wildman–Crippen LogP) is 4.09. The van der Waals surface area contributed by atoms with E-state index in [1.54, 1.807) is 4.68 Å². The van der Waals surface area contributed by atoms with Gasteiger partial charge >= 0.3 is 24.4 Å². The molecule has 0 saturated heterocycles. The van der Waals surface area contributed by atoms with Gasteiger partial charge in [0.2, 0.25) is 0 Å². The molecule has 174 valence electrons. The summed E-state index contributed by atoms with van der Waals surface area (Å²) in [4.78, 5) is 24.5. The van der Waals surface area contributed by atoms with Crippen LogP contribution in [0.5, 0.6) is 0 Å². The molecule has 1 aromatic heterocycles. The van der Waals surface area contributed by atoms with Crippen molar-refractivity contribution in [3.05, 3.63) is 52.3 Å². The van der Waals surface area contributed by atoms with Gasteiger partial charge in [0.25, 0.3) is 0 Å². The highest BCUT2D eigenvalue weighted by molar-refractivity contribution is 5.69. The van der Waals surface area contributed by atoms with Gasteiger partial charge in [0.15, 0.2) is 0 Å². The van der Waals surface area contributed by atoms with E-state index in [2.05, 4.69) is 5.10 Å². The Hall–Kier alpha value is -3.25. The summed E-state index contributed by atoms with van der Waals surface area (Å²) >= 11 is 0. The SMILES string of the molecule is O=C(O)Cc1cc2n(n1)CCCN(C(=O)OCc1cc(C(F)(F)F)cc(C(F)(F)F)c1)C2. The van der Waals surface area contributed by atoms with E-state index in [1.807, 2.05) is 0 Å². The van der Waals surface area contributed by atoms with Gasteiger partial charge in [-0.3, -0.25) is 9.48 Å². The van der Waals surface area contributed by atoms with Crippen molar-refractivity contribution < 1.29 is 45.8 Å². The zero-order chi connectivity index (χ0) is 23.7. The molecule has 7 nitrogen and oxygen atoms in total. The molecule has 0 unspecified atom stereocenters. The van der Waals surface area contributed by atoms with Crippen molar-refractivity contribution in [3.8, 4) is 0 Å². The van der Waals surface area contributed by atoms with Crippen LogP contribution < -0.4 is 0 Å². The summed E-state index contributed by atoms with van der Waals surface area (Å²) in [5.41, 5.74) is -2.62. The first-order valence-electron chi connectivity index (χ1n) is 9.30. The number of hydrogen-bond donors (Lipinski definition) is 1. The zero-order valence-electron chi connectivity index (χ0n) is 16.3. The molecule has 32 heavy (non-hydrogen) atoms. The number of carbonyl (C=O) groups excluding carboxylic acids is 1. The average molecular weight is 465 g/mol. The van der Waals surface area contributed by atoms with Crippen LogP contribution in [0.15, 0.2) is 24.3 Å². The lowest BCUT2D eigenvalue weighted by atomic mass is 10.1. The molecular formula is C19H17F6N3O4. The Balaban J connectivity index is 1.72. The van der Waals surface area contributed by atoms with Gasteiger partial charge in [-0.25, -0.2) is 4.79 Å². The van der Waals surface area contributed by atoms with E-state index in [-0.39, 0.29) is 25.6 Å². The van der Waals surface area contributed by atoms with Gasteiger partial charge < -0.3 is 14.7 Å². The lowest BCUT2D eigenvalue weighted by molar-refractivity contribution is -0.143. The number of benzene rings is 1. The molecule has 0 spiro atoms. The Morgan fingerprint density at radius 1 is 1.00 bits per heavy atom. The molecule has 3 rings (SSSR count). The van der Waals surface area contributed by atoms with Gasteiger partial charge in [0, 0.05) is 13.1 Å². The van der Waals surface area contributed by atoms with Crippen LogP contribution in [0.3, 0.4) is 0 Å². The van der Waals surface area contributed by atoms with E-state index in [1.165, 1.54) is 11.0 Å². The topological polar surface area (TPSA) is 84.7 Å².